The number of hydrogen-bond acceptors (Lipinski definition) is 6. The first-order chi connectivity index (χ1) is 11.1. The first kappa shape index (κ1) is 15.5. The predicted molar refractivity (Wildman–Crippen MR) is 83.8 cm³/mol. The first-order valence-corrected chi connectivity index (χ1v) is 7.72. The van der Waals surface area contributed by atoms with Gasteiger partial charge in [-0.3, -0.25) is 4.79 Å². The van der Waals surface area contributed by atoms with Gasteiger partial charge in [0.25, 0.3) is 5.91 Å². The lowest BCUT2D eigenvalue weighted by atomic mass is 10.1. The topological polar surface area (TPSA) is 80.0 Å². The number of amides is 1. The zero-order valence-corrected chi connectivity index (χ0v) is 13.6. The van der Waals surface area contributed by atoms with Crippen LogP contribution in [0, 0.1) is 0 Å². The van der Waals surface area contributed by atoms with Gasteiger partial charge in [-0.1, -0.05) is 12.1 Å². The molecule has 8 nitrogen and oxygen atoms in total. The van der Waals surface area contributed by atoms with Crippen LogP contribution in [0.15, 0.2) is 24.9 Å². The summed E-state index contributed by atoms with van der Waals surface area (Å²) < 4.78 is 1.83. The highest BCUT2D eigenvalue weighted by Crippen LogP contribution is 2.26. The summed E-state index contributed by atoms with van der Waals surface area (Å²) in [5.41, 5.74) is 1.38. The highest BCUT2D eigenvalue weighted by Gasteiger charge is 2.38. The van der Waals surface area contributed by atoms with Gasteiger partial charge < -0.3 is 9.80 Å². The monoisotopic (exact) mass is 315 g/mol. The molecule has 0 aromatic carbocycles. The van der Waals surface area contributed by atoms with Crippen LogP contribution in [0.3, 0.4) is 0 Å². The van der Waals surface area contributed by atoms with Gasteiger partial charge in [0.05, 0.1) is 29.5 Å². The molecule has 23 heavy (non-hydrogen) atoms. The van der Waals surface area contributed by atoms with Crippen molar-refractivity contribution in [2.45, 2.75) is 25.4 Å². The molecule has 8 heteroatoms. The lowest BCUT2D eigenvalue weighted by Gasteiger charge is -2.24. The molecule has 3 rings (SSSR count). The Morgan fingerprint density at radius 2 is 2.22 bits per heavy atom. The van der Waals surface area contributed by atoms with E-state index >= 15 is 0 Å². The number of carbonyl (C=O) groups is 1. The average Bonchev–Trinajstić information content (AvgIpc) is 3.22. The van der Waals surface area contributed by atoms with E-state index in [4.69, 9.17) is 0 Å². The third-order valence-corrected chi connectivity index (χ3v) is 4.35. The predicted octanol–water partition coefficient (Wildman–Crippen LogP) is 0.258. The molecule has 122 valence electrons. The number of aryl methyl sites for hydroxylation is 1. The van der Waals surface area contributed by atoms with E-state index in [0.717, 1.165) is 5.69 Å². The van der Waals surface area contributed by atoms with Gasteiger partial charge in [0.15, 0.2) is 0 Å². The van der Waals surface area contributed by atoms with Gasteiger partial charge >= 0.3 is 0 Å². The van der Waals surface area contributed by atoms with E-state index < -0.39 is 0 Å². The maximum atomic E-state index is 12.9. The van der Waals surface area contributed by atoms with Crippen LogP contribution in [0.1, 0.15) is 29.0 Å². The Bertz CT molecular complexity index is 670. The second-order valence-electron chi connectivity index (χ2n) is 5.93. The fourth-order valence-corrected chi connectivity index (χ4v) is 3.08. The van der Waals surface area contributed by atoms with Crippen LogP contribution in [-0.4, -0.2) is 73.9 Å². The molecule has 1 aliphatic heterocycles. The summed E-state index contributed by atoms with van der Waals surface area (Å²) in [7, 11) is 4.04. The van der Waals surface area contributed by atoms with E-state index in [-0.39, 0.29) is 18.0 Å². The smallest absolute Gasteiger partial charge is 0.257 e. The molecule has 0 N–H and O–H groups in total. The lowest BCUT2D eigenvalue weighted by Crippen LogP contribution is -2.37. The molecule has 0 aliphatic carbocycles. The van der Waals surface area contributed by atoms with E-state index in [1.54, 1.807) is 12.4 Å². The van der Waals surface area contributed by atoms with Crippen LogP contribution >= 0.6 is 0 Å². The van der Waals surface area contributed by atoms with E-state index in [1.165, 1.54) is 6.33 Å². The Morgan fingerprint density at radius 1 is 1.39 bits per heavy atom. The molecule has 1 saturated heterocycles. The van der Waals surface area contributed by atoms with Gasteiger partial charge in [0.1, 0.15) is 6.33 Å². The quantitative estimate of drug-likeness (QED) is 0.805. The standard InChI is InChI=1S/C15H21N7O/c1-4-12-11(7-16-10-17-12)15(23)21-8-13(20(2)3)14(9-21)22-6-5-18-19-22/h5-7,10,13-14H,4,8-9H2,1-3H3/t13-,14+/m1/s1. The van der Waals surface area contributed by atoms with Gasteiger partial charge in [0, 0.05) is 25.5 Å². The average molecular weight is 315 g/mol. The number of carbonyl (C=O) groups excluding carboxylic acids is 1. The highest BCUT2D eigenvalue weighted by molar-refractivity contribution is 5.95. The van der Waals surface area contributed by atoms with Gasteiger partial charge in [-0.05, 0) is 20.5 Å². The lowest BCUT2D eigenvalue weighted by molar-refractivity contribution is 0.0779. The summed E-state index contributed by atoms with van der Waals surface area (Å²) in [6.07, 6.45) is 7.32. The first-order valence-electron chi connectivity index (χ1n) is 7.72. The molecule has 2 atom stereocenters. The van der Waals surface area contributed by atoms with Crippen LogP contribution in [0.5, 0.6) is 0 Å². The molecule has 1 aliphatic rings. The van der Waals surface area contributed by atoms with Gasteiger partial charge in [-0.25, -0.2) is 14.6 Å². The van der Waals surface area contributed by atoms with E-state index in [9.17, 15) is 4.79 Å². The summed E-state index contributed by atoms with van der Waals surface area (Å²) in [5.74, 6) is -0.0167. The molecule has 2 aromatic heterocycles. The maximum absolute atomic E-state index is 12.9. The zero-order chi connectivity index (χ0) is 16.4. The largest absolute Gasteiger partial charge is 0.335 e. The Balaban J connectivity index is 1.85. The minimum Gasteiger partial charge on any atom is -0.335 e. The van der Waals surface area contributed by atoms with Gasteiger partial charge in [0.2, 0.25) is 0 Å². The van der Waals surface area contributed by atoms with Crippen molar-refractivity contribution in [3.63, 3.8) is 0 Å². The molecule has 1 amide bonds. The summed E-state index contributed by atoms with van der Waals surface area (Å²) in [6.45, 7) is 3.24. The Morgan fingerprint density at radius 3 is 2.87 bits per heavy atom. The Kier molecular flexibility index (Phi) is 4.33. The molecule has 0 saturated carbocycles. The fraction of sp³-hybridized carbons (Fsp3) is 0.533. The molecule has 0 spiro atoms. The fourth-order valence-electron chi connectivity index (χ4n) is 3.08. The van der Waals surface area contributed by atoms with Crippen molar-refractivity contribution < 1.29 is 4.79 Å². The van der Waals surface area contributed by atoms with Gasteiger partial charge in [-0.15, -0.1) is 5.10 Å². The van der Waals surface area contributed by atoms with E-state index in [0.29, 0.717) is 25.1 Å². The van der Waals surface area contributed by atoms with Crippen molar-refractivity contribution >= 4 is 5.91 Å². The van der Waals surface area contributed by atoms with Crippen molar-refractivity contribution in [2.24, 2.45) is 0 Å². The zero-order valence-electron chi connectivity index (χ0n) is 13.6. The minimum atomic E-state index is -0.0167. The van der Waals surface area contributed by atoms with Crippen LogP contribution < -0.4 is 0 Å². The second-order valence-corrected chi connectivity index (χ2v) is 5.93. The Labute approximate surface area is 135 Å². The van der Waals surface area contributed by atoms with Crippen molar-refractivity contribution in [2.75, 3.05) is 27.2 Å². The van der Waals surface area contributed by atoms with Gasteiger partial charge in [-0.2, -0.15) is 0 Å². The molecular formula is C15H21N7O. The Hall–Kier alpha value is -2.35. The molecule has 0 unspecified atom stereocenters. The van der Waals surface area contributed by atoms with Crippen LogP contribution in [0.25, 0.3) is 0 Å². The summed E-state index contributed by atoms with van der Waals surface area (Å²) in [6, 6.07) is 0.279. The van der Waals surface area contributed by atoms with E-state index in [2.05, 4.69) is 25.2 Å². The normalized spacial score (nSPS) is 21.1. The van der Waals surface area contributed by atoms with Crippen molar-refractivity contribution in [3.05, 3.63) is 36.2 Å². The summed E-state index contributed by atoms with van der Waals surface area (Å²) in [5, 5.41) is 8.00. The molecule has 0 bridgehead atoms. The second kappa shape index (κ2) is 6.41. The van der Waals surface area contributed by atoms with Crippen molar-refractivity contribution in [1.29, 1.82) is 0 Å². The highest BCUT2D eigenvalue weighted by atomic mass is 16.2. The van der Waals surface area contributed by atoms with Crippen LogP contribution in [0.4, 0.5) is 0 Å². The number of likely N-dealkylation sites (N-methyl/N-ethyl adjacent to an activating group) is 1. The minimum absolute atomic E-state index is 0.0167. The van der Waals surface area contributed by atoms with Crippen molar-refractivity contribution in [1.82, 2.24) is 34.8 Å². The van der Waals surface area contributed by atoms with E-state index in [1.807, 2.05) is 36.8 Å². The summed E-state index contributed by atoms with van der Waals surface area (Å²) in [4.78, 5) is 25.1. The third kappa shape index (κ3) is 2.94. The molecule has 1 fully saturated rings. The van der Waals surface area contributed by atoms with Crippen LogP contribution in [-0.2, 0) is 6.42 Å². The summed E-state index contributed by atoms with van der Waals surface area (Å²) >= 11 is 0. The third-order valence-electron chi connectivity index (χ3n) is 4.35. The molecule has 3 heterocycles. The number of likely N-dealkylation sites (tertiary alicyclic amines) is 1. The van der Waals surface area contributed by atoms with Crippen molar-refractivity contribution in [3.8, 4) is 0 Å². The number of aromatic nitrogens is 5. The molecular weight excluding hydrogens is 294 g/mol. The molecule has 2 aromatic rings. The number of rotatable bonds is 4. The number of nitrogens with zero attached hydrogens (tertiary/aromatic N) is 7. The maximum Gasteiger partial charge on any atom is 0.257 e. The molecule has 0 radical (unpaired) electrons. The SMILES string of the molecule is CCc1ncncc1C(=O)N1C[C@@H](N(C)C)[C@@H](n2ccnn2)C1. The number of hydrogen-bond donors (Lipinski definition) is 0. The van der Waals surface area contributed by atoms with Crippen LogP contribution in [0.2, 0.25) is 0 Å².